The van der Waals surface area contributed by atoms with Gasteiger partial charge in [0.1, 0.15) is 12.3 Å². The van der Waals surface area contributed by atoms with Crippen molar-refractivity contribution in [3.8, 4) is 0 Å². The number of rotatable bonds is 8. The third kappa shape index (κ3) is 4.54. The molecular formula is C21H27N5O2. The van der Waals surface area contributed by atoms with Crippen LogP contribution in [0.1, 0.15) is 41.3 Å². The number of carbonyl (C=O) groups is 1. The molecule has 7 heteroatoms. The summed E-state index contributed by atoms with van der Waals surface area (Å²) in [6.45, 7) is 6.02. The highest BCUT2D eigenvalue weighted by Gasteiger charge is 2.08. The van der Waals surface area contributed by atoms with Crippen molar-refractivity contribution in [3.05, 3.63) is 59.2 Å². The lowest BCUT2D eigenvalue weighted by atomic mass is 10.1. The van der Waals surface area contributed by atoms with Crippen molar-refractivity contribution < 1.29 is 9.21 Å². The number of aromatic amines is 1. The lowest BCUT2D eigenvalue weighted by Crippen LogP contribution is -2.38. The van der Waals surface area contributed by atoms with Crippen LogP contribution in [0, 0.1) is 0 Å². The van der Waals surface area contributed by atoms with E-state index in [0.29, 0.717) is 18.3 Å². The minimum Gasteiger partial charge on any atom is -0.454 e. The summed E-state index contributed by atoms with van der Waals surface area (Å²) in [4.78, 5) is 19.0. The first-order valence-electron chi connectivity index (χ1n) is 9.60. The zero-order valence-electron chi connectivity index (χ0n) is 16.3. The molecule has 0 fully saturated rings. The molecular weight excluding hydrogens is 354 g/mol. The fourth-order valence-electron chi connectivity index (χ4n) is 3.19. The van der Waals surface area contributed by atoms with Crippen LogP contribution >= 0.6 is 0 Å². The molecule has 0 aliphatic rings. The van der Waals surface area contributed by atoms with Crippen LogP contribution in [0.15, 0.2) is 45.9 Å². The number of amides is 1. The number of benzene rings is 1. The Balaban J connectivity index is 1.61. The first-order valence-corrected chi connectivity index (χ1v) is 9.60. The minimum absolute atomic E-state index is 0.147. The maximum atomic E-state index is 11.1. The number of aliphatic imine (C=N–C) groups is 1. The van der Waals surface area contributed by atoms with Gasteiger partial charge in [0.05, 0.1) is 0 Å². The summed E-state index contributed by atoms with van der Waals surface area (Å²) >= 11 is 0. The van der Waals surface area contributed by atoms with Crippen LogP contribution in [0.4, 0.5) is 0 Å². The monoisotopic (exact) mass is 381 g/mol. The molecule has 0 aliphatic heterocycles. The summed E-state index contributed by atoms with van der Waals surface area (Å²) < 4.78 is 5.37. The van der Waals surface area contributed by atoms with Gasteiger partial charge in [0, 0.05) is 30.2 Å². The van der Waals surface area contributed by atoms with Crippen LogP contribution in [0.3, 0.4) is 0 Å². The number of furan rings is 1. The number of fused-ring (bicyclic) bond motifs is 1. The van der Waals surface area contributed by atoms with Crippen molar-refractivity contribution in [2.75, 3.05) is 13.1 Å². The van der Waals surface area contributed by atoms with E-state index < -0.39 is 5.91 Å². The first kappa shape index (κ1) is 19.5. The average Bonchev–Trinajstić information content (AvgIpc) is 3.33. The highest BCUT2D eigenvalue weighted by molar-refractivity contribution is 5.90. The van der Waals surface area contributed by atoms with Gasteiger partial charge in [0.15, 0.2) is 11.7 Å². The zero-order valence-corrected chi connectivity index (χ0v) is 16.3. The van der Waals surface area contributed by atoms with Crippen LogP contribution < -0.4 is 16.4 Å². The standard InChI is InChI=1S/C21H27N5O2/c1-3-14-6-5-7-17-15(12-25-19(14)17)10-11-24-21(23-4-2)26-13-16-8-9-18(28-16)20(22)27/h5-9,12,25H,3-4,10-11,13H2,1-2H3,(H2,22,27)(H2,23,24,26). The van der Waals surface area contributed by atoms with Crippen LogP contribution in [-0.4, -0.2) is 29.9 Å². The van der Waals surface area contributed by atoms with Gasteiger partial charge in [0.2, 0.25) is 0 Å². The quantitative estimate of drug-likeness (QED) is 0.355. The molecule has 3 rings (SSSR count). The summed E-state index contributed by atoms with van der Waals surface area (Å²) in [7, 11) is 0. The molecule has 0 bridgehead atoms. The fraction of sp³-hybridized carbons (Fsp3) is 0.333. The van der Waals surface area contributed by atoms with Crippen molar-refractivity contribution in [1.29, 1.82) is 0 Å². The number of hydrogen-bond donors (Lipinski definition) is 4. The Morgan fingerprint density at radius 3 is 2.75 bits per heavy atom. The van der Waals surface area contributed by atoms with E-state index in [2.05, 4.69) is 51.9 Å². The minimum atomic E-state index is -0.578. The van der Waals surface area contributed by atoms with E-state index in [4.69, 9.17) is 10.2 Å². The number of nitrogens with one attached hydrogen (secondary N) is 3. The molecule has 28 heavy (non-hydrogen) atoms. The molecule has 0 atom stereocenters. The summed E-state index contributed by atoms with van der Waals surface area (Å²) in [6, 6.07) is 9.71. The molecule has 0 spiro atoms. The molecule has 148 valence electrons. The van der Waals surface area contributed by atoms with Gasteiger partial charge in [-0.15, -0.1) is 0 Å². The van der Waals surface area contributed by atoms with Crippen molar-refractivity contribution in [2.45, 2.75) is 33.2 Å². The zero-order chi connectivity index (χ0) is 19.9. The second-order valence-electron chi connectivity index (χ2n) is 6.51. The van der Waals surface area contributed by atoms with Gasteiger partial charge in [-0.1, -0.05) is 25.1 Å². The molecule has 1 aromatic carbocycles. The van der Waals surface area contributed by atoms with E-state index in [1.165, 1.54) is 22.0 Å². The average molecular weight is 381 g/mol. The van der Waals surface area contributed by atoms with Crippen molar-refractivity contribution in [3.63, 3.8) is 0 Å². The Kier molecular flexibility index (Phi) is 6.37. The van der Waals surface area contributed by atoms with Gasteiger partial charge in [-0.2, -0.15) is 0 Å². The topological polar surface area (TPSA) is 108 Å². The van der Waals surface area contributed by atoms with Crippen molar-refractivity contribution in [2.24, 2.45) is 10.7 Å². The molecule has 7 nitrogen and oxygen atoms in total. The molecule has 0 saturated heterocycles. The molecule has 2 aromatic heterocycles. The van der Waals surface area contributed by atoms with E-state index in [9.17, 15) is 4.79 Å². The number of H-pyrrole nitrogens is 1. The van der Waals surface area contributed by atoms with Crippen LogP contribution in [0.5, 0.6) is 0 Å². The van der Waals surface area contributed by atoms with Gasteiger partial charge in [-0.25, -0.2) is 4.99 Å². The lowest BCUT2D eigenvalue weighted by molar-refractivity contribution is 0.0972. The van der Waals surface area contributed by atoms with Crippen LogP contribution in [-0.2, 0) is 19.4 Å². The van der Waals surface area contributed by atoms with E-state index in [0.717, 1.165) is 25.9 Å². The van der Waals surface area contributed by atoms with E-state index in [1.54, 1.807) is 12.1 Å². The highest BCUT2D eigenvalue weighted by atomic mass is 16.3. The number of nitrogens with zero attached hydrogens (tertiary/aromatic N) is 1. The first-order chi connectivity index (χ1) is 13.6. The van der Waals surface area contributed by atoms with Gasteiger partial charge in [-0.3, -0.25) is 4.79 Å². The van der Waals surface area contributed by atoms with E-state index in [1.807, 2.05) is 6.92 Å². The Morgan fingerprint density at radius 2 is 2.04 bits per heavy atom. The van der Waals surface area contributed by atoms with E-state index in [-0.39, 0.29) is 5.76 Å². The van der Waals surface area contributed by atoms with Gasteiger partial charge in [-0.05, 0) is 43.0 Å². The number of hydrogen-bond acceptors (Lipinski definition) is 3. The Bertz CT molecular complexity index is 970. The summed E-state index contributed by atoms with van der Waals surface area (Å²) in [6.07, 6.45) is 3.98. The Hall–Kier alpha value is -3.22. The van der Waals surface area contributed by atoms with Gasteiger partial charge >= 0.3 is 0 Å². The molecule has 0 radical (unpaired) electrons. The van der Waals surface area contributed by atoms with Crippen molar-refractivity contribution >= 4 is 22.8 Å². The number of para-hydroxylation sites is 1. The number of primary amides is 1. The normalized spacial score (nSPS) is 11.7. The second kappa shape index (κ2) is 9.12. The maximum Gasteiger partial charge on any atom is 0.284 e. The molecule has 1 amide bonds. The predicted molar refractivity (Wildman–Crippen MR) is 111 cm³/mol. The van der Waals surface area contributed by atoms with Gasteiger partial charge < -0.3 is 25.8 Å². The molecule has 2 heterocycles. The van der Waals surface area contributed by atoms with Gasteiger partial charge in [0.25, 0.3) is 5.91 Å². The Morgan fingerprint density at radius 1 is 1.18 bits per heavy atom. The number of aryl methyl sites for hydroxylation is 1. The third-order valence-electron chi connectivity index (χ3n) is 4.60. The van der Waals surface area contributed by atoms with Crippen LogP contribution in [0.2, 0.25) is 0 Å². The number of carbonyl (C=O) groups excluding carboxylic acids is 1. The Labute approximate surface area is 164 Å². The highest BCUT2D eigenvalue weighted by Crippen LogP contribution is 2.22. The second-order valence-corrected chi connectivity index (χ2v) is 6.51. The maximum absolute atomic E-state index is 11.1. The number of aromatic nitrogens is 1. The number of guanidine groups is 1. The molecule has 3 aromatic rings. The lowest BCUT2D eigenvalue weighted by Gasteiger charge is -2.10. The summed E-state index contributed by atoms with van der Waals surface area (Å²) in [5.41, 5.74) is 9.05. The molecule has 0 unspecified atom stereocenters. The van der Waals surface area contributed by atoms with Crippen LogP contribution in [0.25, 0.3) is 10.9 Å². The molecule has 5 N–H and O–H groups in total. The summed E-state index contributed by atoms with van der Waals surface area (Å²) in [5.74, 6) is 0.863. The smallest absolute Gasteiger partial charge is 0.284 e. The molecule has 0 aliphatic carbocycles. The summed E-state index contributed by atoms with van der Waals surface area (Å²) in [5, 5.41) is 7.84. The SMILES string of the molecule is CCNC(=NCc1ccc(C(N)=O)o1)NCCc1c[nH]c2c(CC)cccc12. The largest absolute Gasteiger partial charge is 0.454 e. The number of nitrogens with two attached hydrogens (primary N) is 1. The van der Waals surface area contributed by atoms with Crippen molar-refractivity contribution in [1.82, 2.24) is 15.6 Å². The predicted octanol–water partition coefficient (Wildman–Crippen LogP) is 2.72. The fourth-order valence-corrected chi connectivity index (χ4v) is 3.19. The molecule has 0 saturated carbocycles. The van der Waals surface area contributed by atoms with E-state index >= 15 is 0 Å². The third-order valence-corrected chi connectivity index (χ3v) is 4.60.